The molecule has 1 amide bonds. The van der Waals surface area contributed by atoms with Gasteiger partial charge < -0.3 is 25.4 Å². The van der Waals surface area contributed by atoms with Crippen molar-refractivity contribution < 1.29 is 44.0 Å². The van der Waals surface area contributed by atoms with Gasteiger partial charge in [0, 0.05) is 24.6 Å². The molecule has 3 rings (SSSR count). The topological polar surface area (TPSA) is 167 Å². The molecule has 208 valence electrons. The zero-order chi connectivity index (χ0) is 28.7. The SMILES string of the molecule is COC(=O)C(=O)Nc1ccc(-c2ccc(O)c3c2CC(CC(CCO)C(CO)C(=O)CC(C)=O)CC3=O)cc1. The summed E-state index contributed by atoms with van der Waals surface area (Å²) in [5, 5.41) is 32.5. The van der Waals surface area contributed by atoms with Crippen LogP contribution in [0.25, 0.3) is 11.1 Å². The van der Waals surface area contributed by atoms with Crippen LogP contribution in [0, 0.1) is 17.8 Å². The number of aromatic hydroxyl groups is 1. The van der Waals surface area contributed by atoms with Gasteiger partial charge in [-0.25, -0.2) is 4.79 Å². The molecule has 2 aromatic carbocycles. The van der Waals surface area contributed by atoms with Gasteiger partial charge in [-0.3, -0.25) is 19.2 Å². The van der Waals surface area contributed by atoms with Crippen molar-refractivity contribution in [3.63, 3.8) is 0 Å². The molecule has 1 aliphatic rings. The van der Waals surface area contributed by atoms with Gasteiger partial charge in [0.25, 0.3) is 0 Å². The number of rotatable bonds is 11. The molecule has 0 saturated carbocycles. The number of methoxy groups -OCH3 is 1. The minimum Gasteiger partial charge on any atom is -0.507 e. The first-order chi connectivity index (χ1) is 18.6. The Morgan fingerprint density at radius 3 is 2.33 bits per heavy atom. The fraction of sp³-hybridized carbons (Fsp3) is 0.414. The van der Waals surface area contributed by atoms with Gasteiger partial charge in [0.15, 0.2) is 5.78 Å². The largest absolute Gasteiger partial charge is 0.507 e. The van der Waals surface area contributed by atoms with Crippen LogP contribution < -0.4 is 5.32 Å². The van der Waals surface area contributed by atoms with Gasteiger partial charge in [0.1, 0.15) is 17.3 Å². The van der Waals surface area contributed by atoms with Crippen molar-refractivity contribution in [2.45, 2.75) is 39.0 Å². The highest BCUT2D eigenvalue weighted by molar-refractivity contribution is 6.37. The Hall–Kier alpha value is -3.89. The number of ether oxygens (including phenoxy) is 1. The van der Waals surface area contributed by atoms with E-state index in [-0.39, 0.29) is 60.4 Å². The third-order valence-corrected chi connectivity index (χ3v) is 7.10. The summed E-state index contributed by atoms with van der Waals surface area (Å²) in [4.78, 5) is 60.4. The Labute approximate surface area is 226 Å². The van der Waals surface area contributed by atoms with Crippen LogP contribution in [-0.2, 0) is 30.3 Å². The number of hydrogen-bond acceptors (Lipinski definition) is 9. The Kier molecular flexibility index (Phi) is 10.1. The van der Waals surface area contributed by atoms with Crippen molar-refractivity contribution in [1.82, 2.24) is 0 Å². The maximum absolute atomic E-state index is 13.2. The van der Waals surface area contributed by atoms with E-state index in [1.807, 2.05) is 0 Å². The van der Waals surface area contributed by atoms with Gasteiger partial charge in [-0.1, -0.05) is 18.2 Å². The number of ketones is 3. The highest BCUT2D eigenvalue weighted by Gasteiger charge is 2.35. The van der Waals surface area contributed by atoms with Crippen molar-refractivity contribution >= 4 is 34.9 Å². The number of benzene rings is 2. The van der Waals surface area contributed by atoms with E-state index in [9.17, 15) is 39.3 Å². The molecule has 3 unspecified atom stereocenters. The van der Waals surface area contributed by atoms with Gasteiger partial charge >= 0.3 is 11.9 Å². The van der Waals surface area contributed by atoms with Gasteiger partial charge in [-0.05, 0) is 72.9 Å². The van der Waals surface area contributed by atoms with Gasteiger partial charge in [0.2, 0.25) is 0 Å². The second kappa shape index (κ2) is 13.3. The smallest absolute Gasteiger partial charge is 0.396 e. The number of nitrogens with one attached hydrogen (secondary N) is 1. The molecule has 0 aliphatic heterocycles. The number of anilines is 1. The maximum atomic E-state index is 13.2. The summed E-state index contributed by atoms with van der Waals surface area (Å²) in [7, 11) is 1.10. The molecule has 0 fully saturated rings. The van der Waals surface area contributed by atoms with Crippen molar-refractivity contribution in [3.05, 3.63) is 47.5 Å². The van der Waals surface area contributed by atoms with Crippen LogP contribution in [0.1, 0.15) is 48.5 Å². The number of carbonyl (C=O) groups excluding carboxylic acids is 5. The minimum atomic E-state index is -1.03. The molecule has 0 bridgehead atoms. The average Bonchev–Trinajstić information content (AvgIpc) is 2.88. The lowest BCUT2D eigenvalue weighted by atomic mass is 9.72. The van der Waals surface area contributed by atoms with E-state index >= 15 is 0 Å². The average molecular weight is 540 g/mol. The van der Waals surface area contributed by atoms with E-state index in [4.69, 9.17) is 0 Å². The first kappa shape index (κ1) is 29.7. The maximum Gasteiger partial charge on any atom is 0.396 e. The van der Waals surface area contributed by atoms with Crippen molar-refractivity contribution in [2.75, 3.05) is 25.6 Å². The van der Waals surface area contributed by atoms with Crippen LogP contribution in [0.4, 0.5) is 5.69 Å². The third-order valence-electron chi connectivity index (χ3n) is 7.10. The molecule has 10 heteroatoms. The summed E-state index contributed by atoms with van der Waals surface area (Å²) in [5.41, 5.74) is 2.66. The minimum absolute atomic E-state index is 0.128. The number of phenols is 1. The number of aliphatic hydroxyl groups excluding tert-OH is 2. The lowest BCUT2D eigenvalue weighted by molar-refractivity contribution is -0.150. The molecule has 0 saturated heterocycles. The molecule has 10 nitrogen and oxygen atoms in total. The number of esters is 1. The van der Waals surface area contributed by atoms with Gasteiger partial charge in [-0.2, -0.15) is 0 Å². The first-order valence-corrected chi connectivity index (χ1v) is 12.7. The second-order valence-electron chi connectivity index (χ2n) is 9.85. The van der Waals surface area contributed by atoms with Crippen LogP contribution in [0.3, 0.4) is 0 Å². The fourth-order valence-corrected chi connectivity index (χ4v) is 5.30. The summed E-state index contributed by atoms with van der Waals surface area (Å²) >= 11 is 0. The zero-order valence-electron chi connectivity index (χ0n) is 21.9. The van der Waals surface area contributed by atoms with Crippen LogP contribution in [0.2, 0.25) is 0 Å². The normalized spacial score (nSPS) is 16.1. The molecule has 0 spiro atoms. The highest BCUT2D eigenvalue weighted by Crippen LogP contribution is 2.41. The first-order valence-electron chi connectivity index (χ1n) is 12.7. The van der Waals surface area contributed by atoms with Crippen molar-refractivity contribution in [2.24, 2.45) is 17.8 Å². The van der Waals surface area contributed by atoms with E-state index in [1.54, 1.807) is 30.3 Å². The Bertz CT molecular complexity index is 1250. The zero-order valence-corrected chi connectivity index (χ0v) is 21.9. The summed E-state index contributed by atoms with van der Waals surface area (Å²) in [6.07, 6.45) is 0.843. The highest BCUT2D eigenvalue weighted by atomic mass is 16.5. The summed E-state index contributed by atoms with van der Waals surface area (Å²) in [6, 6.07) is 9.78. The summed E-state index contributed by atoms with van der Waals surface area (Å²) in [6.45, 7) is 0.632. The Balaban J connectivity index is 1.89. The molecular weight excluding hydrogens is 506 g/mol. The molecule has 0 heterocycles. The number of carbonyl (C=O) groups is 5. The number of aliphatic hydroxyl groups is 2. The molecule has 4 N–H and O–H groups in total. The van der Waals surface area contributed by atoms with E-state index in [0.717, 1.165) is 7.11 Å². The fourth-order valence-electron chi connectivity index (χ4n) is 5.30. The number of hydrogen-bond donors (Lipinski definition) is 4. The molecule has 2 aromatic rings. The number of phenolic OH excluding ortho intramolecular Hbond substituents is 1. The van der Waals surface area contributed by atoms with E-state index in [0.29, 0.717) is 35.2 Å². The monoisotopic (exact) mass is 539 g/mol. The van der Waals surface area contributed by atoms with Crippen molar-refractivity contribution in [3.8, 4) is 16.9 Å². The Morgan fingerprint density at radius 1 is 1.05 bits per heavy atom. The Morgan fingerprint density at radius 2 is 1.74 bits per heavy atom. The number of Topliss-reactive ketones (excluding diaryl/α,β-unsaturated/α-hetero) is 3. The second-order valence-corrected chi connectivity index (χ2v) is 9.85. The summed E-state index contributed by atoms with van der Waals surface area (Å²) in [5.74, 6) is -4.48. The lowest BCUT2D eigenvalue weighted by Crippen LogP contribution is -2.32. The molecule has 1 aliphatic carbocycles. The van der Waals surface area contributed by atoms with E-state index in [1.165, 1.54) is 13.0 Å². The van der Waals surface area contributed by atoms with Gasteiger partial charge in [-0.15, -0.1) is 0 Å². The van der Waals surface area contributed by atoms with Crippen LogP contribution in [0.15, 0.2) is 36.4 Å². The number of amides is 1. The lowest BCUT2D eigenvalue weighted by Gasteiger charge is -2.31. The third kappa shape index (κ3) is 7.15. The van der Waals surface area contributed by atoms with Crippen LogP contribution >= 0.6 is 0 Å². The summed E-state index contributed by atoms with van der Waals surface area (Å²) < 4.78 is 4.40. The molecular formula is C29H33NO9. The van der Waals surface area contributed by atoms with Crippen molar-refractivity contribution in [1.29, 1.82) is 0 Å². The molecule has 0 radical (unpaired) electrons. The van der Waals surface area contributed by atoms with Gasteiger partial charge in [0.05, 0.1) is 25.7 Å². The molecule has 39 heavy (non-hydrogen) atoms. The molecule has 0 aromatic heterocycles. The quantitative estimate of drug-likeness (QED) is 0.190. The number of fused-ring (bicyclic) bond motifs is 1. The van der Waals surface area contributed by atoms with E-state index < -0.39 is 30.3 Å². The predicted octanol–water partition coefficient (Wildman–Crippen LogP) is 2.46. The van der Waals surface area contributed by atoms with Crippen LogP contribution in [0.5, 0.6) is 5.75 Å². The van der Waals surface area contributed by atoms with Crippen LogP contribution in [-0.4, -0.2) is 64.9 Å². The standard InChI is InChI=1S/C29H33NO9/c1-16(33)11-25(35)23(15-32)19(9-10-31)12-17-13-22-21(7-8-24(34)27(22)26(36)14-17)18-3-5-20(6-4-18)30-28(37)29(38)39-2/h3-8,17,19,23,31-32,34H,9-15H2,1-2H3,(H,30,37). The van der Waals surface area contributed by atoms with E-state index in [2.05, 4.69) is 10.1 Å². The molecule has 3 atom stereocenters. The predicted molar refractivity (Wildman–Crippen MR) is 141 cm³/mol.